The normalized spacial score (nSPS) is 12.4. The molecule has 2 aromatic carbocycles. The number of benzene rings is 2. The summed E-state index contributed by atoms with van der Waals surface area (Å²) in [4.78, 5) is 0. The first kappa shape index (κ1) is 14.4. The molecule has 19 heavy (non-hydrogen) atoms. The third-order valence-electron chi connectivity index (χ3n) is 3.10. The van der Waals surface area contributed by atoms with E-state index in [4.69, 9.17) is 23.2 Å². The summed E-state index contributed by atoms with van der Waals surface area (Å²) in [5.41, 5.74) is 1.85. The van der Waals surface area contributed by atoms with Gasteiger partial charge in [-0.2, -0.15) is 0 Å². The number of rotatable bonds is 5. The summed E-state index contributed by atoms with van der Waals surface area (Å²) in [5, 5.41) is 0.560. The lowest BCUT2D eigenvalue weighted by atomic mass is 9.94. The van der Waals surface area contributed by atoms with Crippen LogP contribution in [0.15, 0.2) is 48.5 Å². The van der Waals surface area contributed by atoms with Crippen molar-refractivity contribution >= 4 is 23.2 Å². The molecule has 1 atom stereocenters. The topological polar surface area (TPSA) is 0 Å². The Labute approximate surface area is 123 Å². The van der Waals surface area contributed by atoms with Crippen LogP contribution in [-0.2, 0) is 12.8 Å². The van der Waals surface area contributed by atoms with Crippen molar-refractivity contribution in [3.8, 4) is 0 Å². The fourth-order valence-electron chi connectivity index (χ4n) is 2.14. The lowest BCUT2D eigenvalue weighted by Crippen LogP contribution is -2.11. The van der Waals surface area contributed by atoms with Crippen LogP contribution in [0.3, 0.4) is 0 Å². The Balaban J connectivity index is 2.09. The highest BCUT2D eigenvalue weighted by Gasteiger charge is 2.13. The quantitative estimate of drug-likeness (QED) is 0.672. The van der Waals surface area contributed by atoms with Crippen LogP contribution >= 0.6 is 23.2 Å². The maximum atomic E-state index is 13.7. The van der Waals surface area contributed by atoms with E-state index in [1.165, 1.54) is 11.6 Å². The predicted molar refractivity (Wildman–Crippen MR) is 79.5 cm³/mol. The molecule has 100 valence electrons. The van der Waals surface area contributed by atoms with Crippen LogP contribution in [0.1, 0.15) is 11.1 Å². The summed E-state index contributed by atoms with van der Waals surface area (Å²) in [6.45, 7) is 0. The van der Waals surface area contributed by atoms with Crippen molar-refractivity contribution < 1.29 is 4.39 Å². The van der Waals surface area contributed by atoms with E-state index in [0.717, 1.165) is 6.42 Å². The first-order chi connectivity index (χ1) is 9.19. The fraction of sp³-hybridized carbons (Fsp3) is 0.250. The van der Waals surface area contributed by atoms with Crippen molar-refractivity contribution in [2.45, 2.75) is 12.8 Å². The number of hydrogen-bond acceptors (Lipinski definition) is 0. The van der Waals surface area contributed by atoms with Crippen molar-refractivity contribution in [3.63, 3.8) is 0 Å². The highest BCUT2D eigenvalue weighted by atomic mass is 35.5. The van der Waals surface area contributed by atoms with Gasteiger partial charge in [-0.25, -0.2) is 4.39 Å². The maximum Gasteiger partial charge on any atom is 0.126 e. The molecule has 0 aliphatic heterocycles. The van der Waals surface area contributed by atoms with Crippen LogP contribution in [0.25, 0.3) is 0 Å². The van der Waals surface area contributed by atoms with Crippen molar-refractivity contribution in [2.24, 2.45) is 5.92 Å². The molecule has 0 fully saturated rings. The van der Waals surface area contributed by atoms with Crippen LogP contribution in [0.4, 0.5) is 4.39 Å². The Morgan fingerprint density at radius 2 is 1.74 bits per heavy atom. The monoisotopic (exact) mass is 296 g/mol. The molecule has 0 saturated carbocycles. The van der Waals surface area contributed by atoms with E-state index in [9.17, 15) is 4.39 Å². The molecule has 0 aliphatic carbocycles. The summed E-state index contributed by atoms with van der Waals surface area (Å²) in [7, 11) is 0. The van der Waals surface area contributed by atoms with Crippen LogP contribution in [0.5, 0.6) is 0 Å². The minimum atomic E-state index is -0.215. The molecule has 1 unspecified atom stereocenters. The zero-order chi connectivity index (χ0) is 13.7. The first-order valence-electron chi connectivity index (χ1n) is 6.23. The molecule has 3 heteroatoms. The molecular weight excluding hydrogens is 282 g/mol. The third-order valence-corrected chi connectivity index (χ3v) is 3.77. The Morgan fingerprint density at radius 1 is 1.00 bits per heavy atom. The van der Waals surface area contributed by atoms with Gasteiger partial charge in [-0.3, -0.25) is 0 Å². The van der Waals surface area contributed by atoms with Gasteiger partial charge in [-0.05, 0) is 48.1 Å². The summed E-state index contributed by atoms with van der Waals surface area (Å²) >= 11 is 11.9. The largest absolute Gasteiger partial charge is 0.207 e. The molecule has 0 aliphatic rings. The molecule has 0 nitrogen and oxygen atoms in total. The van der Waals surface area contributed by atoms with E-state index in [2.05, 4.69) is 12.1 Å². The molecule has 0 aromatic heterocycles. The Morgan fingerprint density at radius 3 is 2.42 bits per heavy atom. The summed E-state index contributed by atoms with van der Waals surface area (Å²) in [6, 6.07) is 14.8. The summed E-state index contributed by atoms with van der Waals surface area (Å²) in [6.07, 6.45) is 1.45. The van der Waals surface area contributed by atoms with E-state index < -0.39 is 0 Å². The zero-order valence-electron chi connectivity index (χ0n) is 10.5. The van der Waals surface area contributed by atoms with Crippen LogP contribution in [0, 0.1) is 11.7 Å². The molecule has 2 rings (SSSR count). The van der Waals surface area contributed by atoms with Crippen LogP contribution < -0.4 is 0 Å². The number of alkyl halides is 1. The van der Waals surface area contributed by atoms with E-state index in [1.807, 2.05) is 18.2 Å². The van der Waals surface area contributed by atoms with Gasteiger partial charge in [-0.1, -0.05) is 41.9 Å². The standard InChI is InChI=1S/C16H15Cl2F/c17-11-13(8-12-4-2-1-3-5-12)9-14-10-15(18)6-7-16(14)19/h1-7,10,13H,8-9,11H2. The lowest BCUT2D eigenvalue weighted by Gasteiger charge is -2.14. The molecule has 0 spiro atoms. The van der Waals surface area contributed by atoms with Gasteiger partial charge in [0.2, 0.25) is 0 Å². The van der Waals surface area contributed by atoms with Gasteiger partial charge < -0.3 is 0 Å². The average Bonchev–Trinajstić information content (AvgIpc) is 2.43. The Kier molecular flexibility index (Phi) is 5.24. The average molecular weight is 297 g/mol. The molecule has 2 aromatic rings. The van der Waals surface area contributed by atoms with Crippen molar-refractivity contribution in [1.82, 2.24) is 0 Å². The van der Waals surface area contributed by atoms with E-state index in [-0.39, 0.29) is 11.7 Å². The molecule has 0 amide bonds. The second-order valence-corrected chi connectivity index (χ2v) is 5.39. The summed E-state index contributed by atoms with van der Waals surface area (Å²) in [5.74, 6) is 0.491. The minimum Gasteiger partial charge on any atom is -0.207 e. The highest BCUT2D eigenvalue weighted by molar-refractivity contribution is 6.30. The summed E-state index contributed by atoms with van der Waals surface area (Å²) < 4.78 is 13.7. The van der Waals surface area contributed by atoms with Crippen molar-refractivity contribution in [2.75, 3.05) is 5.88 Å². The minimum absolute atomic E-state index is 0.206. The molecule has 0 heterocycles. The number of halogens is 3. The molecular formula is C16H15Cl2F. The van der Waals surface area contributed by atoms with Gasteiger partial charge in [0.05, 0.1) is 0 Å². The third kappa shape index (κ3) is 4.22. The highest BCUT2D eigenvalue weighted by Crippen LogP contribution is 2.21. The van der Waals surface area contributed by atoms with E-state index >= 15 is 0 Å². The first-order valence-corrected chi connectivity index (χ1v) is 7.14. The van der Waals surface area contributed by atoms with Gasteiger partial charge in [-0.15, -0.1) is 11.6 Å². The van der Waals surface area contributed by atoms with Crippen LogP contribution in [-0.4, -0.2) is 5.88 Å². The van der Waals surface area contributed by atoms with Gasteiger partial charge >= 0.3 is 0 Å². The van der Waals surface area contributed by atoms with Gasteiger partial charge in [0, 0.05) is 10.9 Å². The van der Waals surface area contributed by atoms with E-state index in [0.29, 0.717) is 22.9 Å². The molecule has 0 bridgehead atoms. The predicted octanol–water partition coefficient (Wildman–Crippen LogP) is 5.12. The second kappa shape index (κ2) is 6.93. The fourth-order valence-corrected chi connectivity index (χ4v) is 2.55. The second-order valence-electron chi connectivity index (χ2n) is 4.65. The zero-order valence-corrected chi connectivity index (χ0v) is 12.0. The SMILES string of the molecule is Fc1ccc(Cl)cc1CC(CCl)Cc1ccccc1. The Bertz CT molecular complexity index is 526. The molecule has 0 N–H and O–H groups in total. The van der Waals surface area contributed by atoms with Gasteiger partial charge in [0.25, 0.3) is 0 Å². The molecule has 0 saturated heterocycles. The number of hydrogen-bond donors (Lipinski definition) is 0. The van der Waals surface area contributed by atoms with Crippen molar-refractivity contribution in [3.05, 3.63) is 70.5 Å². The van der Waals surface area contributed by atoms with E-state index in [1.54, 1.807) is 12.1 Å². The maximum absolute atomic E-state index is 13.7. The Hall–Kier alpha value is -1.05. The van der Waals surface area contributed by atoms with Crippen LogP contribution in [0.2, 0.25) is 5.02 Å². The lowest BCUT2D eigenvalue weighted by molar-refractivity contribution is 0.546. The molecule has 0 radical (unpaired) electrons. The van der Waals surface area contributed by atoms with Gasteiger partial charge in [0.15, 0.2) is 0 Å². The van der Waals surface area contributed by atoms with Gasteiger partial charge in [0.1, 0.15) is 5.82 Å². The smallest absolute Gasteiger partial charge is 0.126 e. The van der Waals surface area contributed by atoms with Crippen molar-refractivity contribution in [1.29, 1.82) is 0 Å².